The molecular formula is C19H23N3O4S. The van der Waals surface area contributed by atoms with Gasteiger partial charge in [0.05, 0.1) is 25.3 Å². The Labute approximate surface area is 161 Å². The van der Waals surface area contributed by atoms with Crippen LogP contribution in [-0.2, 0) is 27.2 Å². The van der Waals surface area contributed by atoms with Gasteiger partial charge in [0.1, 0.15) is 17.6 Å². The van der Waals surface area contributed by atoms with Gasteiger partial charge < -0.3 is 14.1 Å². The zero-order valence-electron chi connectivity index (χ0n) is 15.3. The minimum Gasteiger partial charge on any atom is -0.464 e. The Hall–Kier alpha value is -2.19. The van der Waals surface area contributed by atoms with Gasteiger partial charge in [-0.1, -0.05) is 6.92 Å². The highest BCUT2D eigenvalue weighted by Crippen LogP contribution is 2.29. The summed E-state index contributed by atoms with van der Waals surface area (Å²) in [5, 5.41) is 2.56. The van der Waals surface area contributed by atoms with E-state index in [-0.39, 0.29) is 24.3 Å². The predicted octanol–water partition coefficient (Wildman–Crippen LogP) is 2.57. The molecule has 27 heavy (non-hydrogen) atoms. The highest BCUT2D eigenvalue weighted by atomic mass is 32.1. The molecule has 0 aromatic carbocycles. The van der Waals surface area contributed by atoms with E-state index in [1.54, 1.807) is 4.90 Å². The van der Waals surface area contributed by atoms with Crippen molar-refractivity contribution in [2.45, 2.75) is 38.6 Å². The van der Waals surface area contributed by atoms with E-state index in [9.17, 15) is 9.59 Å². The van der Waals surface area contributed by atoms with Crippen molar-refractivity contribution in [1.82, 2.24) is 9.88 Å². The van der Waals surface area contributed by atoms with Gasteiger partial charge in [-0.15, -0.1) is 11.3 Å². The van der Waals surface area contributed by atoms with Crippen LogP contribution in [0.2, 0.25) is 0 Å². The van der Waals surface area contributed by atoms with Crippen molar-refractivity contribution in [3.05, 3.63) is 34.7 Å². The maximum Gasteiger partial charge on any atom is 0.229 e. The zero-order chi connectivity index (χ0) is 18.8. The van der Waals surface area contributed by atoms with E-state index in [0.717, 1.165) is 24.4 Å². The van der Waals surface area contributed by atoms with Crippen molar-refractivity contribution < 1.29 is 18.7 Å². The molecule has 1 atom stereocenters. The number of hydrogen-bond donors (Lipinski definition) is 0. The molecule has 4 heterocycles. The molecule has 144 valence electrons. The second-order valence-electron chi connectivity index (χ2n) is 6.78. The number of ether oxygens (including phenoxy) is 1. The van der Waals surface area contributed by atoms with Crippen LogP contribution in [0.15, 0.2) is 21.9 Å². The van der Waals surface area contributed by atoms with E-state index < -0.39 is 0 Å². The Bertz CT molecular complexity index is 831. The summed E-state index contributed by atoms with van der Waals surface area (Å²) in [6.07, 6.45) is 2.48. The standard InChI is InChI=1S/C19H23N3O4S/c1-2-14-5-6-16(26-14)15-11-25-9-8-21(15)18(24)10-13-12-27-19(20-13)22-7-3-4-17(22)23/h5-6,12,15H,2-4,7-11H2,1H3. The summed E-state index contributed by atoms with van der Waals surface area (Å²) in [7, 11) is 0. The molecule has 2 amide bonds. The molecule has 0 aliphatic carbocycles. The average Bonchev–Trinajstić information content (AvgIpc) is 3.42. The van der Waals surface area contributed by atoms with E-state index in [1.807, 2.05) is 29.3 Å². The number of amides is 2. The van der Waals surface area contributed by atoms with Gasteiger partial charge in [-0.25, -0.2) is 4.98 Å². The number of morpholine rings is 1. The van der Waals surface area contributed by atoms with Crippen LogP contribution >= 0.6 is 11.3 Å². The lowest BCUT2D eigenvalue weighted by Crippen LogP contribution is -2.44. The fourth-order valence-electron chi connectivity index (χ4n) is 3.51. The van der Waals surface area contributed by atoms with Gasteiger partial charge in [0.15, 0.2) is 5.13 Å². The van der Waals surface area contributed by atoms with Crippen molar-refractivity contribution in [3.63, 3.8) is 0 Å². The first-order chi connectivity index (χ1) is 13.2. The molecule has 2 fully saturated rings. The number of furan rings is 1. The van der Waals surface area contributed by atoms with Crippen molar-refractivity contribution in [2.75, 3.05) is 31.2 Å². The smallest absolute Gasteiger partial charge is 0.229 e. The maximum absolute atomic E-state index is 12.9. The summed E-state index contributed by atoms with van der Waals surface area (Å²) in [6.45, 7) is 4.24. The Morgan fingerprint density at radius 2 is 2.26 bits per heavy atom. The second-order valence-corrected chi connectivity index (χ2v) is 7.62. The van der Waals surface area contributed by atoms with E-state index in [1.165, 1.54) is 11.3 Å². The molecule has 2 aliphatic rings. The summed E-state index contributed by atoms with van der Waals surface area (Å²) in [6, 6.07) is 3.68. The molecule has 0 bridgehead atoms. The van der Waals surface area contributed by atoms with Crippen LogP contribution in [0.5, 0.6) is 0 Å². The van der Waals surface area contributed by atoms with Crippen LogP contribution < -0.4 is 4.90 Å². The lowest BCUT2D eigenvalue weighted by Gasteiger charge is -2.34. The first-order valence-corrected chi connectivity index (χ1v) is 10.2. The number of thiazole rings is 1. The molecular weight excluding hydrogens is 366 g/mol. The van der Waals surface area contributed by atoms with Crippen molar-refractivity contribution in [1.29, 1.82) is 0 Å². The summed E-state index contributed by atoms with van der Waals surface area (Å²) in [5.74, 6) is 1.78. The summed E-state index contributed by atoms with van der Waals surface area (Å²) in [4.78, 5) is 32.9. The highest BCUT2D eigenvalue weighted by molar-refractivity contribution is 7.14. The van der Waals surface area contributed by atoms with Crippen LogP contribution in [0.3, 0.4) is 0 Å². The predicted molar refractivity (Wildman–Crippen MR) is 101 cm³/mol. The molecule has 0 radical (unpaired) electrons. The molecule has 4 rings (SSSR count). The third-order valence-electron chi connectivity index (χ3n) is 4.98. The maximum atomic E-state index is 12.9. The zero-order valence-corrected chi connectivity index (χ0v) is 16.2. The number of rotatable bonds is 5. The number of carbonyl (C=O) groups is 2. The second kappa shape index (κ2) is 7.82. The number of anilines is 1. The number of aryl methyl sites for hydroxylation is 1. The lowest BCUT2D eigenvalue weighted by molar-refractivity contribution is -0.140. The van der Waals surface area contributed by atoms with Gasteiger partial charge in [-0.05, 0) is 18.6 Å². The largest absolute Gasteiger partial charge is 0.464 e. The Balaban J connectivity index is 1.46. The summed E-state index contributed by atoms with van der Waals surface area (Å²) < 4.78 is 11.4. The molecule has 1 unspecified atom stereocenters. The number of hydrogen-bond acceptors (Lipinski definition) is 6. The average molecular weight is 389 g/mol. The quantitative estimate of drug-likeness (QED) is 0.786. The van der Waals surface area contributed by atoms with Gasteiger partial charge in [-0.2, -0.15) is 0 Å². The first-order valence-electron chi connectivity index (χ1n) is 9.36. The minimum absolute atomic E-state index is 0.00217. The Kier molecular flexibility index (Phi) is 5.27. The Morgan fingerprint density at radius 1 is 1.37 bits per heavy atom. The third-order valence-corrected chi connectivity index (χ3v) is 5.90. The molecule has 0 spiro atoms. The van der Waals surface area contributed by atoms with E-state index in [0.29, 0.717) is 43.5 Å². The number of carbonyl (C=O) groups excluding carboxylic acids is 2. The molecule has 2 aromatic heterocycles. The fourth-order valence-corrected chi connectivity index (χ4v) is 4.38. The van der Waals surface area contributed by atoms with Crippen LogP contribution in [0, 0.1) is 0 Å². The summed E-state index contributed by atoms with van der Waals surface area (Å²) in [5.41, 5.74) is 0.707. The molecule has 2 saturated heterocycles. The van der Waals surface area contributed by atoms with Crippen molar-refractivity contribution in [3.8, 4) is 0 Å². The normalized spacial score (nSPS) is 20.5. The lowest BCUT2D eigenvalue weighted by atomic mass is 10.1. The van der Waals surface area contributed by atoms with E-state index in [4.69, 9.17) is 9.15 Å². The fraction of sp³-hybridized carbons (Fsp3) is 0.526. The van der Waals surface area contributed by atoms with Gasteiger partial charge in [0, 0.05) is 31.3 Å². The van der Waals surface area contributed by atoms with Gasteiger partial charge in [-0.3, -0.25) is 14.5 Å². The van der Waals surface area contributed by atoms with Crippen LogP contribution in [0.4, 0.5) is 5.13 Å². The van der Waals surface area contributed by atoms with E-state index in [2.05, 4.69) is 4.98 Å². The topological polar surface area (TPSA) is 75.9 Å². The van der Waals surface area contributed by atoms with Crippen LogP contribution in [0.25, 0.3) is 0 Å². The van der Waals surface area contributed by atoms with Crippen LogP contribution in [-0.4, -0.2) is 48.0 Å². The molecule has 0 N–H and O–H groups in total. The monoisotopic (exact) mass is 389 g/mol. The highest BCUT2D eigenvalue weighted by Gasteiger charge is 2.31. The molecule has 2 aromatic rings. The first kappa shape index (κ1) is 18.2. The minimum atomic E-state index is -0.204. The van der Waals surface area contributed by atoms with Gasteiger partial charge in [0.2, 0.25) is 11.8 Å². The van der Waals surface area contributed by atoms with Gasteiger partial charge >= 0.3 is 0 Å². The van der Waals surface area contributed by atoms with Crippen LogP contribution in [0.1, 0.15) is 43.0 Å². The molecule has 7 nitrogen and oxygen atoms in total. The summed E-state index contributed by atoms with van der Waals surface area (Å²) >= 11 is 1.42. The van der Waals surface area contributed by atoms with E-state index >= 15 is 0 Å². The number of aromatic nitrogens is 1. The Morgan fingerprint density at radius 3 is 3.00 bits per heavy atom. The molecule has 2 aliphatic heterocycles. The third kappa shape index (κ3) is 3.77. The molecule has 8 heteroatoms. The molecule has 0 saturated carbocycles. The van der Waals surface area contributed by atoms with Crippen molar-refractivity contribution in [2.24, 2.45) is 0 Å². The SMILES string of the molecule is CCc1ccc(C2COCCN2C(=O)Cc2csc(N3CCCC3=O)n2)o1. The number of nitrogens with zero attached hydrogens (tertiary/aromatic N) is 3. The van der Waals surface area contributed by atoms with Crippen molar-refractivity contribution >= 4 is 28.3 Å². The van der Waals surface area contributed by atoms with Gasteiger partial charge in [0.25, 0.3) is 0 Å².